The van der Waals surface area contributed by atoms with E-state index in [1.54, 1.807) is 7.11 Å². The molecule has 5 unspecified atom stereocenters. The summed E-state index contributed by atoms with van der Waals surface area (Å²) < 4.78 is 11.4. The Hall–Kier alpha value is -0.650. The summed E-state index contributed by atoms with van der Waals surface area (Å²) in [7, 11) is 1.55. The molecular weight excluding hydrogens is 426 g/mol. The van der Waals surface area contributed by atoms with Crippen LogP contribution in [0.25, 0.3) is 0 Å². The number of aliphatic hydroxyl groups is 1. The van der Waals surface area contributed by atoms with E-state index in [9.17, 15) is 9.90 Å². The molecule has 0 saturated heterocycles. The number of hydrogen-bond donors (Lipinski definition) is 2. The van der Waals surface area contributed by atoms with Crippen molar-refractivity contribution in [2.75, 3.05) is 20.3 Å². The molecule has 0 aromatic heterocycles. The highest BCUT2D eigenvalue weighted by Crippen LogP contribution is 2.67. The van der Waals surface area contributed by atoms with Gasteiger partial charge in [-0.05, 0) is 105 Å². The van der Waals surface area contributed by atoms with E-state index in [2.05, 4.69) is 39.9 Å². The average molecular weight is 478 g/mol. The zero-order chi connectivity index (χ0) is 24.9. The van der Waals surface area contributed by atoms with Crippen LogP contribution in [0.2, 0.25) is 0 Å². The van der Waals surface area contributed by atoms with Crippen molar-refractivity contribution < 1.29 is 19.4 Å². The van der Waals surface area contributed by atoms with Crippen LogP contribution in [0.1, 0.15) is 92.9 Å². The van der Waals surface area contributed by atoms with E-state index in [1.807, 2.05) is 6.92 Å². The van der Waals surface area contributed by atoms with Crippen LogP contribution < -0.4 is 5.32 Å². The van der Waals surface area contributed by atoms with Gasteiger partial charge in [-0.1, -0.05) is 34.6 Å². The summed E-state index contributed by atoms with van der Waals surface area (Å²) in [5.74, 6) is 2.33. The topological polar surface area (TPSA) is 67.8 Å². The van der Waals surface area contributed by atoms with Crippen LogP contribution in [0.3, 0.4) is 0 Å². The van der Waals surface area contributed by atoms with Gasteiger partial charge in [0.2, 0.25) is 0 Å². The van der Waals surface area contributed by atoms with Gasteiger partial charge in [-0.2, -0.15) is 0 Å². The lowest BCUT2D eigenvalue weighted by Gasteiger charge is -2.64. The Balaban J connectivity index is 1.67. The molecule has 5 nitrogen and oxygen atoms in total. The molecule has 0 bridgehead atoms. The van der Waals surface area contributed by atoms with Crippen molar-refractivity contribution >= 4 is 5.97 Å². The van der Waals surface area contributed by atoms with Gasteiger partial charge >= 0.3 is 5.97 Å². The number of ether oxygens (including phenoxy) is 2. The van der Waals surface area contributed by atoms with Crippen LogP contribution in [0.5, 0.6) is 0 Å². The lowest BCUT2D eigenvalue weighted by atomic mass is 9.43. The van der Waals surface area contributed by atoms with Crippen LogP contribution in [0.4, 0.5) is 0 Å². The maximum Gasteiger partial charge on any atom is 0.309 e. The molecule has 4 saturated carbocycles. The normalized spacial score (nSPS) is 46.4. The first kappa shape index (κ1) is 26.4. The molecule has 196 valence electrons. The lowest BCUT2D eigenvalue weighted by molar-refractivity contribution is -0.182. The van der Waals surface area contributed by atoms with Crippen molar-refractivity contribution in [3.63, 3.8) is 0 Å². The Morgan fingerprint density at radius 2 is 1.82 bits per heavy atom. The van der Waals surface area contributed by atoms with E-state index >= 15 is 0 Å². The smallest absolute Gasteiger partial charge is 0.309 e. The monoisotopic (exact) mass is 477 g/mol. The number of rotatable bonds is 6. The van der Waals surface area contributed by atoms with Gasteiger partial charge in [0.15, 0.2) is 0 Å². The van der Waals surface area contributed by atoms with E-state index in [-0.39, 0.29) is 34.9 Å². The molecule has 0 heterocycles. The van der Waals surface area contributed by atoms with Crippen LogP contribution in [0, 0.1) is 45.8 Å². The fourth-order valence-corrected chi connectivity index (χ4v) is 9.18. The second kappa shape index (κ2) is 9.67. The summed E-state index contributed by atoms with van der Waals surface area (Å²) in [6, 6.07) is 0.393. The van der Waals surface area contributed by atoms with E-state index in [1.165, 1.54) is 12.8 Å². The van der Waals surface area contributed by atoms with E-state index in [4.69, 9.17) is 9.47 Å². The molecule has 10 atom stereocenters. The standard InChI is InChI=1S/C29H51NO4/c1-8-34-24-17-28(5)18(15-23(24)31)9-10-19-20-11-12-21(26(32)33-7)29(20,6)16-22(25(19)28)30-14-13-27(2,3)4/h18-25,30-31H,8-17H2,1-7H3/t18?,19-,20-,21?,22?,23?,24?,25-,28-,29-/m0/s1. The third kappa shape index (κ3) is 4.59. The first-order valence-electron chi connectivity index (χ1n) is 14.1. The molecule has 4 rings (SSSR count). The van der Waals surface area contributed by atoms with Gasteiger partial charge in [0.05, 0.1) is 25.2 Å². The molecule has 5 heteroatoms. The fourth-order valence-electron chi connectivity index (χ4n) is 9.18. The summed E-state index contributed by atoms with van der Waals surface area (Å²) in [4.78, 5) is 12.8. The van der Waals surface area contributed by atoms with Gasteiger partial charge in [0, 0.05) is 12.6 Å². The minimum absolute atomic E-state index is 0.00432. The van der Waals surface area contributed by atoms with Crippen molar-refractivity contribution in [1.82, 2.24) is 5.32 Å². The van der Waals surface area contributed by atoms with Gasteiger partial charge in [0.25, 0.3) is 0 Å². The summed E-state index contributed by atoms with van der Waals surface area (Å²) in [6.07, 6.45) is 8.14. The first-order valence-corrected chi connectivity index (χ1v) is 14.1. The van der Waals surface area contributed by atoms with Crippen molar-refractivity contribution in [1.29, 1.82) is 0 Å². The highest BCUT2D eigenvalue weighted by Gasteiger charge is 2.65. The molecule has 34 heavy (non-hydrogen) atoms. The van der Waals surface area contributed by atoms with Crippen molar-refractivity contribution in [3.8, 4) is 0 Å². The van der Waals surface area contributed by atoms with Gasteiger partial charge in [-0.15, -0.1) is 0 Å². The molecule has 0 spiro atoms. The molecule has 0 aromatic carbocycles. The number of nitrogens with one attached hydrogen (secondary N) is 1. The highest BCUT2D eigenvalue weighted by atomic mass is 16.5. The fraction of sp³-hybridized carbons (Fsp3) is 0.966. The van der Waals surface area contributed by atoms with Gasteiger partial charge in [-0.25, -0.2) is 0 Å². The number of carbonyl (C=O) groups excluding carboxylic acids is 1. The molecule has 0 aliphatic heterocycles. The molecule has 4 fully saturated rings. The number of aliphatic hydroxyl groups excluding tert-OH is 1. The summed E-state index contributed by atoms with van der Waals surface area (Å²) in [5.41, 5.74) is 0.458. The average Bonchev–Trinajstić information content (AvgIpc) is 3.10. The highest BCUT2D eigenvalue weighted by molar-refractivity contribution is 5.74. The van der Waals surface area contributed by atoms with Crippen molar-refractivity contribution in [2.24, 2.45) is 45.8 Å². The molecule has 0 amide bonds. The predicted molar refractivity (Wildman–Crippen MR) is 135 cm³/mol. The zero-order valence-corrected chi connectivity index (χ0v) is 22.9. The summed E-state index contributed by atoms with van der Waals surface area (Å²) >= 11 is 0. The number of hydrogen-bond acceptors (Lipinski definition) is 5. The van der Waals surface area contributed by atoms with Gasteiger partial charge in [-0.3, -0.25) is 4.79 Å². The Bertz CT molecular complexity index is 734. The van der Waals surface area contributed by atoms with Crippen LogP contribution in [-0.4, -0.2) is 49.6 Å². The summed E-state index contributed by atoms with van der Waals surface area (Å²) in [6.45, 7) is 15.6. The molecule has 4 aliphatic carbocycles. The van der Waals surface area contributed by atoms with Crippen LogP contribution >= 0.6 is 0 Å². The van der Waals surface area contributed by atoms with Gasteiger partial charge < -0.3 is 19.9 Å². The van der Waals surface area contributed by atoms with E-state index in [0.717, 1.165) is 45.1 Å². The van der Waals surface area contributed by atoms with Crippen LogP contribution in [0.15, 0.2) is 0 Å². The number of fused-ring (bicyclic) bond motifs is 5. The minimum Gasteiger partial charge on any atom is -0.469 e. The lowest BCUT2D eigenvalue weighted by Crippen LogP contribution is -2.64. The number of carbonyl (C=O) groups is 1. The maximum atomic E-state index is 12.8. The largest absolute Gasteiger partial charge is 0.469 e. The summed E-state index contributed by atoms with van der Waals surface area (Å²) in [5, 5.41) is 14.9. The molecule has 2 N–H and O–H groups in total. The van der Waals surface area contributed by atoms with Gasteiger partial charge in [0.1, 0.15) is 0 Å². The van der Waals surface area contributed by atoms with E-state index < -0.39 is 0 Å². The zero-order valence-electron chi connectivity index (χ0n) is 22.9. The Labute approximate surface area is 208 Å². The molecule has 0 radical (unpaired) electrons. The molecular formula is C29H51NO4. The number of esters is 1. The quantitative estimate of drug-likeness (QED) is 0.515. The Morgan fingerprint density at radius 1 is 1.09 bits per heavy atom. The predicted octanol–water partition coefficient (Wildman–Crippen LogP) is 5.20. The third-order valence-electron chi connectivity index (χ3n) is 10.8. The van der Waals surface area contributed by atoms with Crippen LogP contribution in [-0.2, 0) is 14.3 Å². The van der Waals surface area contributed by atoms with Crippen molar-refractivity contribution in [2.45, 2.75) is 111 Å². The second-order valence-corrected chi connectivity index (χ2v) is 13.8. The molecule has 4 aliphatic rings. The Kier molecular flexibility index (Phi) is 7.51. The van der Waals surface area contributed by atoms with E-state index in [0.29, 0.717) is 41.7 Å². The van der Waals surface area contributed by atoms with Crippen molar-refractivity contribution in [3.05, 3.63) is 0 Å². The first-order chi connectivity index (χ1) is 15.9. The maximum absolute atomic E-state index is 12.8. The SMILES string of the molecule is CCOC1C[C@@]2(C)C(CC[C@@H]3[C@H]2C(NCCC(C)(C)C)C[C@]2(C)C(C(=O)OC)CC[C@@H]32)CC1O. The number of methoxy groups -OCH3 is 1. The third-order valence-corrected chi connectivity index (χ3v) is 10.8. The Morgan fingerprint density at radius 3 is 2.47 bits per heavy atom. The minimum atomic E-state index is -0.342. The second-order valence-electron chi connectivity index (χ2n) is 13.8. The molecule has 0 aromatic rings.